The first-order valence-electron chi connectivity index (χ1n) is 24.3. The monoisotopic (exact) mass is 874 g/mol. The van der Waals surface area contributed by atoms with Crippen molar-refractivity contribution in [2.45, 2.75) is 58.3 Å². The summed E-state index contributed by atoms with van der Waals surface area (Å²) in [5, 5.41) is 9.94. The minimum Gasteiger partial charge on any atom is -0.310 e. The van der Waals surface area contributed by atoms with Crippen LogP contribution < -0.4 is 9.80 Å². The van der Waals surface area contributed by atoms with Crippen LogP contribution in [0.1, 0.15) is 68.4 Å². The van der Waals surface area contributed by atoms with Crippen molar-refractivity contribution in [2.24, 2.45) is 5.92 Å². The van der Waals surface area contributed by atoms with Gasteiger partial charge in [-0.3, -0.25) is 0 Å². The maximum Gasteiger partial charge on any atom is 0.0540 e. The number of anilines is 5. The molecule has 13 rings (SSSR count). The second-order valence-corrected chi connectivity index (χ2v) is 20.7. The molecule has 68 heavy (non-hydrogen) atoms. The van der Waals surface area contributed by atoms with Crippen molar-refractivity contribution in [1.82, 2.24) is 0 Å². The van der Waals surface area contributed by atoms with Crippen molar-refractivity contribution < 1.29 is 0 Å². The zero-order valence-electron chi connectivity index (χ0n) is 39.7. The van der Waals surface area contributed by atoms with Gasteiger partial charge in [0.05, 0.1) is 11.4 Å². The fourth-order valence-corrected chi connectivity index (χ4v) is 12.9. The highest BCUT2D eigenvalue weighted by Gasteiger charge is 2.52. The van der Waals surface area contributed by atoms with Gasteiger partial charge in [0, 0.05) is 44.9 Å². The van der Waals surface area contributed by atoms with Gasteiger partial charge in [-0.05, 0) is 151 Å². The molecule has 0 spiro atoms. The fourth-order valence-electron chi connectivity index (χ4n) is 12.9. The van der Waals surface area contributed by atoms with Crippen LogP contribution in [0.5, 0.6) is 0 Å². The lowest BCUT2D eigenvalue weighted by Crippen LogP contribution is -2.31. The van der Waals surface area contributed by atoms with E-state index in [0.29, 0.717) is 0 Å². The minimum atomic E-state index is -0.250. The summed E-state index contributed by atoms with van der Waals surface area (Å²) in [5.41, 5.74) is 18.1. The zero-order valence-corrected chi connectivity index (χ0v) is 39.7. The number of allylic oxidation sites excluding steroid dienone is 3. The lowest BCUT2D eigenvalue weighted by molar-refractivity contribution is 0.380. The van der Waals surface area contributed by atoms with Gasteiger partial charge in [0.15, 0.2) is 0 Å². The Labute approximate surface area is 400 Å². The van der Waals surface area contributed by atoms with E-state index in [1.807, 2.05) is 0 Å². The first kappa shape index (κ1) is 40.6. The summed E-state index contributed by atoms with van der Waals surface area (Å²) in [4.78, 5) is 5.03. The van der Waals surface area contributed by atoms with Crippen molar-refractivity contribution >= 4 is 71.5 Å². The highest BCUT2D eigenvalue weighted by atomic mass is 15.2. The first-order chi connectivity index (χ1) is 33.1. The lowest BCUT2D eigenvalue weighted by Gasteiger charge is -2.37. The van der Waals surface area contributed by atoms with Crippen molar-refractivity contribution in [3.8, 4) is 11.1 Å². The second kappa shape index (κ2) is 14.9. The molecule has 2 nitrogen and oxygen atoms in total. The average molecular weight is 875 g/mol. The Kier molecular flexibility index (Phi) is 8.90. The number of aryl methyl sites for hydroxylation is 1. The third kappa shape index (κ3) is 5.96. The topological polar surface area (TPSA) is 6.48 Å². The largest absolute Gasteiger partial charge is 0.310 e. The van der Waals surface area contributed by atoms with Crippen LogP contribution >= 0.6 is 0 Å². The third-order valence-corrected chi connectivity index (χ3v) is 16.0. The predicted octanol–water partition coefficient (Wildman–Crippen LogP) is 18.1. The van der Waals surface area contributed by atoms with Crippen molar-refractivity contribution in [2.75, 3.05) is 9.80 Å². The van der Waals surface area contributed by atoms with Gasteiger partial charge in [-0.15, -0.1) is 0 Å². The van der Waals surface area contributed by atoms with E-state index in [1.165, 1.54) is 116 Å². The maximum atomic E-state index is 2.63. The highest BCUT2D eigenvalue weighted by molar-refractivity contribution is 6.02. The van der Waals surface area contributed by atoms with Crippen LogP contribution in [-0.4, -0.2) is 0 Å². The standard InChI is InChI=1S/C66H54N2/c1-41-35-51(67(49-31-29-43-17-7-9-21-47(43)37-49)59-27-15-23-45-19-11-13-25-53(45)59)39-57-61(41)55-33-34-56-62-42(2)36-52(40-58(62)66(5,6)64(56)63(55)65(57,3)4)68(50-32-30-44-18-8-10-22-48(44)38-50)60-28-16-24-46-20-12-14-26-54(46)60/h7-40,57,61H,1-6H3. The zero-order chi connectivity index (χ0) is 46.1. The van der Waals surface area contributed by atoms with Gasteiger partial charge in [0.25, 0.3) is 0 Å². The van der Waals surface area contributed by atoms with Crippen LogP contribution in [0.4, 0.5) is 28.4 Å². The van der Waals surface area contributed by atoms with Crippen LogP contribution in [-0.2, 0) is 10.8 Å². The Morgan fingerprint density at radius 1 is 0.441 bits per heavy atom. The molecule has 0 N–H and O–H groups in total. The van der Waals surface area contributed by atoms with E-state index in [-0.39, 0.29) is 22.7 Å². The molecule has 2 atom stereocenters. The van der Waals surface area contributed by atoms with Crippen LogP contribution in [0.2, 0.25) is 0 Å². The first-order valence-corrected chi connectivity index (χ1v) is 24.3. The molecule has 3 aliphatic rings. The highest BCUT2D eigenvalue weighted by Crippen LogP contribution is 2.63. The molecular formula is C66H54N2. The summed E-state index contributed by atoms with van der Waals surface area (Å²) in [5.74, 6) is 0.541. The van der Waals surface area contributed by atoms with Gasteiger partial charge < -0.3 is 9.80 Å². The number of benzene rings is 10. The maximum absolute atomic E-state index is 2.63. The van der Waals surface area contributed by atoms with Gasteiger partial charge in [0.1, 0.15) is 0 Å². The van der Waals surface area contributed by atoms with Gasteiger partial charge in [0.2, 0.25) is 0 Å². The van der Waals surface area contributed by atoms with E-state index in [2.05, 4.69) is 258 Å². The Hall–Kier alpha value is -7.68. The van der Waals surface area contributed by atoms with Crippen molar-refractivity contribution in [1.29, 1.82) is 0 Å². The van der Waals surface area contributed by atoms with E-state index >= 15 is 0 Å². The summed E-state index contributed by atoms with van der Waals surface area (Å²) < 4.78 is 0. The quantitative estimate of drug-likeness (QED) is 0.164. The molecule has 0 amide bonds. The summed E-state index contributed by atoms with van der Waals surface area (Å²) >= 11 is 0. The molecule has 10 aromatic rings. The SMILES string of the molecule is CC1=CC(N(c2ccc3ccccc3c2)c2cccc3ccccc23)=CC2C1c1ccc3c(c1C2(C)C)C(C)(C)c1cc(N(c2ccc4ccccc4c2)c2cccc4ccccc24)cc(C)c1-3. The average Bonchev–Trinajstić information content (AvgIpc) is 3.73. The molecule has 0 heterocycles. The van der Waals surface area contributed by atoms with Crippen molar-refractivity contribution in [3.05, 3.63) is 245 Å². The molecule has 0 radical (unpaired) electrons. The molecule has 0 aliphatic heterocycles. The molecule has 0 fully saturated rings. The molecule has 0 aromatic heterocycles. The van der Waals surface area contributed by atoms with Gasteiger partial charge in [-0.25, -0.2) is 0 Å². The molecule has 2 heteroatoms. The second-order valence-electron chi connectivity index (χ2n) is 20.7. The minimum absolute atomic E-state index is 0.157. The number of hydrogen-bond donors (Lipinski definition) is 0. The molecule has 0 bridgehead atoms. The fraction of sp³-hybridized carbons (Fsp3) is 0.152. The van der Waals surface area contributed by atoms with E-state index in [4.69, 9.17) is 0 Å². The van der Waals surface area contributed by atoms with Gasteiger partial charge in [-0.2, -0.15) is 0 Å². The molecule has 2 unspecified atom stereocenters. The molecule has 0 saturated heterocycles. The normalized spacial score (nSPS) is 17.4. The summed E-state index contributed by atoms with van der Waals surface area (Å²) in [7, 11) is 0. The van der Waals surface area contributed by atoms with E-state index in [1.54, 1.807) is 0 Å². The summed E-state index contributed by atoms with van der Waals surface area (Å²) in [6.07, 6.45) is 5.12. The number of fused-ring (bicyclic) bond motifs is 11. The van der Waals surface area contributed by atoms with E-state index in [9.17, 15) is 0 Å². The number of nitrogens with zero attached hydrogens (tertiary/aromatic N) is 2. The molecule has 328 valence electrons. The van der Waals surface area contributed by atoms with Crippen molar-refractivity contribution in [3.63, 3.8) is 0 Å². The molecule has 0 saturated carbocycles. The Morgan fingerprint density at radius 2 is 0.971 bits per heavy atom. The lowest BCUT2D eigenvalue weighted by atomic mass is 9.69. The molecule has 10 aromatic carbocycles. The molecular weight excluding hydrogens is 821 g/mol. The Balaban J connectivity index is 0.960. The van der Waals surface area contributed by atoms with E-state index < -0.39 is 0 Å². The van der Waals surface area contributed by atoms with Crippen LogP contribution in [0.15, 0.2) is 218 Å². The van der Waals surface area contributed by atoms with Gasteiger partial charge in [-0.1, -0.05) is 185 Å². The van der Waals surface area contributed by atoms with Crippen LogP contribution in [0.3, 0.4) is 0 Å². The summed E-state index contributed by atoms with van der Waals surface area (Å²) in [6, 6.07) is 72.3. The summed E-state index contributed by atoms with van der Waals surface area (Å²) in [6.45, 7) is 14.8. The Bertz CT molecular complexity index is 3800. The smallest absolute Gasteiger partial charge is 0.0540 e. The van der Waals surface area contributed by atoms with Gasteiger partial charge >= 0.3 is 0 Å². The predicted molar refractivity (Wildman–Crippen MR) is 290 cm³/mol. The van der Waals surface area contributed by atoms with E-state index in [0.717, 1.165) is 5.69 Å². The molecule has 3 aliphatic carbocycles. The van der Waals surface area contributed by atoms with Crippen LogP contribution in [0.25, 0.3) is 54.2 Å². The number of rotatable bonds is 6. The Morgan fingerprint density at radius 3 is 1.59 bits per heavy atom. The number of hydrogen-bond acceptors (Lipinski definition) is 2. The van der Waals surface area contributed by atoms with Crippen LogP contribution in [0, 0.1) is 12.8 Å². The third-order valence-electron chi connectivity index (χ3n) is 16.0.